The van der Waals surface area contributed by atoms with Crippen LogP contribution in [0, 0.1) is 0 Å². The zero-order valence-electron chi connectivity index (χ0n) is 15.0. The number of carbonyl (C=O) groups excluding carboxylic acids is 2. The topological polar surface area (TPSA) is 80.4 Å². The first-order valence-corrected chi connectivity index (χ1v) is 8.22. The molecule has 0 saturated carbocycles. The van der Waals surface area contributed by atoms with E-state index < -0.39 is 11.7 Å². The van der Waals surface area contributed by atoms with Gasteiger partial charge in [-0.2, -0.15) is 0 Å². The van der Waals surface area contributed by atoms with Crippen molar-refractivity contribution in [2.75, 3.05) is 13.2 Å². The minimum atomic E-state index is -0.511. The van der Waals surface area contributed by atoms with Gasteiger partial charge >= 0.3 is 12.1 Å². The maximum Gasteiger partial charge on any atom is 0.407 e. The van der Waals surface area contributed by atoms with Gasteiger partial charge in [0.05, 0.1) is 6.61 Å². The SMILES string of the molecule is CCOC(=O)c1cc2ccc(C=CCNC(=O)OC(C)(C)C)cc2[nH]1. The van der Waals surface area contributed by atoms with Crippen LogP contribution in [0.15, 0.2) is 30.3 Å². The number of H-pyrrole nitrogens is 1. The van der Waals surface area contributed by atoms with Crippen LogP contribution in [0.3, 0.4) is 0 Å². The summed E-state index contributed by atoms with van der Waals surface area (Å²) in [4.78, 5) is 26.4. The maximum atomic E-state index is 11.8. The first-order valence-electron chi connectivity index (χ1n) is 8.22. The second kappa shape index (κ2) is 7.88. The predicted octanol–water partition coefficient (Wildman–Crippen LogP) is 3.88. The molecule has 1 aromatic heterocycles. The molecule has 2 N–H and O–H groups in total. The van der Waals surface area contributed by atoms with E-state index >= 15 is 0 Å². The fraction of sp³-hybridized carbons (Fsp3) is 0.368. The van der Waals surface area contributed by atoms with Crippen molar-refractivity contribution in [3.8, 4) is 0 Å². The van der Waals surface area contributed by atoms with E-state index in [-0.39, 0.29) is 5.97 Å². The number of aromatic nitrogens is 1. The van der Waals surface area contributed by atoms with E-state index in [9.17, 15) is 9.59 Å². The number of hydrogen-bond donors (Lipinski definition) is 2. The minimum Gasteiger partial charge on any atom is -0.461 e. The fourth-order valence-corrected chi connectivity index (χ4v) is 2.22. The first-order chi connectivity index (χ1) is 11.8. The van der Waals surface area contributed by atoms with Crippen molar-refractivity contribution in [2.24, 2.45) is 0 Å². The number of nitrogens with one attached hydrogen (secondary N) is 2. The Morgan fingerprint density at radius 3 is 2.68 bits per heavy atom. The van der Waals surface area contributed by atoms with Crippen molar-refractivity contribution in [1.82, 2.24) is 10.3 Å². The molecule has 0 radical (unpaired) electrons. The van der Waals surface area contributed by atoms with Crippen LogP contribution in [0.2, 0.25) is 0 Å². The molecule has 2 rings (SSSR count). The summed E-state index contributed by atoms with van der Waals surface area (Å²) in [6.45, 7) is 7.93. The molecular weight excluding hydrogens is 320 g/mol. The third-order valence-electron chi connectivity index (χ3n) is 3.22. The number of benzene rings is 1. The summed E-state index contributed by atoms with van der Waals surface area (Å²) in [5, 5.41) is 3.60. The number of alkyl carbamates (subject to hydrolysis) is 1. The van der Waals surface area contributed by atoms with Crippen LogP contribution in [0.5, 0.6) is 0 Å². The number of hydrogen-bond acceptors (Lipinski definition) is 4. The van der Waals surface area contributed by atoms with Crippen molar-refractivity contribution in [3.05, 3.63) is 41.6 Å². The Labute approximate surface area is 147 Å². The third-order valence-corrected chi connectivity index (χ3v) is 3.22. The maximum absolute atomic E-state index is 11.8. The highest BCUT2D eigenvalue weighted by Crippen LogP contribution is 2.18. The van der Waals surface area contributed by atoms with Crippen LogP contribution in [0.4, 0.5) is 4.79 Å². The van der Waals surface area contributed by atoms with E-state index in [4.69, 9.17) is 9.47 Å². The molecule has 0 aliphatic rings. The molecule has 1 heterocycles. The third kappa shape index (κ3) is 5.67. The molecule has 0 saturated heterocycles. The number of aromatic amines is 1. The molecule has 6 heteroatoms. The van der Waals surface area contributed by atoms with Gasteiger partial charge in [0.15, 0.2) is 0 Å². The van der Waals surface area contributed by atoms with Crippen molar-refractivity contribution >= 4 is 29.0 Å². The van der Waals surface area contributed by atoms with E-state index in [0.29, 0.717) is 18.8 Å². The Balaban J connectivity index is 1.97. The van der Waals surface area contributed by atoms with Crippen molar-refractivity contribution in [2.45, 2.75) is 33.3 Å². The molecule has 0 unspecified atom stereocenters. The molecule has 1 aromatic carbocycles. The summed E-state index contributed by atoms with van der Waals surface area (Å²) >= 11 is 0. The summed E-state index contributed by atoms with van der Waals surface area (Å²) < 4.78 is 10.1. The molecule has 134 valence electrons. The number of fused-ring (bicyclic) bond motifs is 1. The van der Waals surface area contributed by atoms with Crippen LogP contribution in [0.25, 0.3) is 17.0 Å². The predicted molar refractivity (Wildman–Crippen MR) is 97.5 cm³/mol. The van der Waals surface area contributed by atoms with Crippen molar-refractivity contribution in [1.29, 1.82) is 0 Å². The second-order valence-electron chi connectivity index (χ2n) is 6.54. The molecule has 0 atom stereocenters. The highest BCUT2D eigenvalue weighted by molar-refractivity contribution is 5.95. The molecule has 25 heavy (non-hydrogen) atoms. The van der Waals surface area contributed by atoms with Crippen LogP contribution < -0.4 is 5.32 Å². The number of amides is 1. The lowest BCUT2D eigenvalue weighted by Gasteiger charge is -2.19. The molecule has 2 aromatic rings. The quantitative estimate of drug-likeness (QED) is 0.807. The minimum absolute atomic E-state index is 0.340. The van der Waals surface area contributed by atoms with Gasteiger partial charge in [-0.15, -0.1) is 0 Å². The molecular formula is C19H24N2O4. The smallest absolute Gasteiger partial charge is 0.407 e. The Bertz CT molecular complexity index is 784. The van der Waals surface area contributed by atoms with Gasteiger partial charge in [-0.05, 0) is 45.4 Å². The number of esters is 1. The monoisotopic (exact) mass is 344 g/mol. The number of carbonyl (C=O) groups is 2. The van der Waals surface area contributed by atoms with Gasteiger partial charge in [0.1, 0.15) is 11.3 Å². The summed E-state index contributed by atoms with van der Waals surface area (Å²) in [6.07, 6.45) is 3.28. The fourth-order valence-electron chi connectivity index (χ4n) is 2.22. The van der Waals surface area contributed by atoms with Gasteiger partial charge in [0.2, 0.25) is 0 Å². The highest BCUT2D eigenvalue weighted by atomic mass is 16.6. The summed E-state index contributed by atoms with van der Waals surface area (Å²) in [5.41, 5.74) is 1.73. The largest absolute Gasteiger partial charge is 0.461 e. The number of ether oxygens (including phenoxy) is 2. The second-order valence-corrected chi connectivity index (χ2v) is 6.54. The van der Waals surface area contributed by atoms with E-state index in [2.05, 4.69) is 10.3 Å². The van der Waals surface area contributed by atoms with Gasteiger partial charge in [0.25, 0.3) is 0 Å². The van der Waals surface area contributed by atoms with Crippen LogP contribution >= 0.6 is 0 Å². The highest BCUT2D eigenvalue weighted by Gasteiger charge is 2.15. The van der Waals surface area contributed by atoms with E-state index in [1.807, 2.05) is 51.1 Å². The molecule has 0 aliphatic heterocycles. The Morgan fingerprint density at radius 2 is 2.00 bits per heavy atom. The summed E-state index contributed by atoms with van der Waals surface area (Å²) in [7, 11) is 0. The lowest BCUT2D eigenvalue weighted by Crippen LogP contribution is -2.32. The zero-order valence-corrected chi connectivity index (χ0v) is 15.0. The lowest BCUT2D eigenvalue weighted by atomic mass is 10.1. The van der Waals surface area contributed by atoms with Gasteiger partial charge in [0, 0.05) is 17.4 Å². The summed E-state index contributed by atoms with van der Waals surface area (Å²) in [6, 6.07) is 7.57. The van der Waals surface area contributed by atoms with Gasteiger partial charge in [-0.1, -0.05) is 24.3 Å². The summed E-state index contributed by atoms with van der Waals surface area (Å²) in [5.74, 6) is -0.364. The molecule has 1 amide bonds. The van der Waals surface area contributed by atoms with E-state index in [1.54, 1.807) is 13.0 Å². The molecule has 0 bridgehead atoms. The number of rotatable bonds is 5. The molecule has 0 fully saturated rings. The van der Waals surface area contributed by atoms with E-state index in [1.165, 1.54) is 0 Å². The van der Waals surface area contributed by atoms with Crippen LogP contribution in [0.1, 0.15) is 43.7 Å². The van der Waals surface area contributed by atoms with Crippen molar-refractivity contribution in [3.63, 3.8) is 0 Å². The average molecular weight is 344 g/mol. The van der Waals surface area contributed by atoms with E-state index in [0.717, 1.165) is 16.5 Å². The van der Waals surface area contributed by atoms with Gasteiger partial charge in [-0.25, -0.2) is 9.59 Å². The van der Waals surface area contributed by atoms with Crippen LogP contribution in [-0.2, 0) is 9.47 Å². The molecule has 6 nitrogen and oxygen atoms in total. The normalized spacial score (nSPS) is 11.7. The Hall–Kier alpha value is -2.76. The van der Waals surface area contributed by atoms with Crippen molar-refractivity contribution < 1.29 is 19.1 Å². The first kappa shape index (κ1) is 18.6. The molecule has 0 aliphatic carbocycles. The van der Waals surface area contributed by atoms with Crippen LogP contribution in [-0.4, -0.2) is 35.8 Å². The average Bonchev–Trinajstić information content (AvgIpc) is 2.93. The Morgan fingerprint density at radius 1 is 1.24 bits per heavy atom. The van der Waals surface area contributed by atoms with Gasteiger partial charge in [-0.3, -0.25) is 0 Å². The zero-order chi connectivity index (χ0) is 18.4. The standard InChI is InChI=1S/C19H24N2O4/c1-5-24-17(22)16-12-14-9-8-13(11-15(14)21-16)7-6-10-20-18(23)25-19(2,3)4/h6-9,11-12,21H,5,10H2,1-4H3,(H,20,23). The lowest BCUT2D eigenvalue weighted by molar-refractivity contribution is 0.0515. The van der Waals surface area contributed by atoms with Gasteiger partial charge < -0.3 is 19.8 Å². The Kier molecular flexibility index (Phi) is 5.85. The molecule has 0 spiro atoms.